The van der Waals surface area contributed by atoms with Crippen LogP contribution in [0.3, 0.4) is 0 Å². The van der Waals surface area contributed by atoms with Gasteiger partial charge in [0.2, 0.25) is 10.0 Å². The fraction of sp³-hybridized carbons (Fsp3) is 0.625. The van der Waals surface area contributed by atoms with Crippen LogP contribution in [0.4, 0.5) is 11.5 Å². The molecule has 1 aromatic rings. The third-order valence-corrected chi connectivity index (χ3v) is 5.52. The Morgan fingerprint density at radius 1 is 1.28 bits per heavy atom. The molecule has 0 bridgehead atoms. The van der Waals surface area contributed by atoms with Crippen molar-refractivity contribution in [3.63, 3.8) is 0 Å². The molecule has 1 amide bonds. The van der Waals surface area contributed by atoms with Crippen molar-refractivity contribution >= 4 is 27.4 Å². The van der Waals surface area contributed by atoms with E-state index in [1.165, 1.54) is 6.20 Å². The Labute approximate surface area is 149 Å². The summed E-state index contributed by atoms with van der Waals surface area (Å²) in [6.45, 7) is 9.73. The number of rotatable bonds is 7. The number of carbonyl (C=O) groups is 1. The normalized spacial score (nSPS) is 15.1. The molecule has 1 aliphatic rings. The molecule has 1 saturated heterocycles. The lowest BCUT2D eigenvalue weighted by molar-refractivity contribution is 0.0773. The zero-order chi connectivity index (χ0) is 18.4. The maximum atomic E-state index is 12.9. The molecular formula is C16H27N5O3S. The number of sulfonamides is 1. The summed E-state index contributed by atoms with van der Waals surface area (Å²) >= 11 is 0. The summed E-state index contributed by atoms with van der Waals surface area (Å²) < 4.78 is 26.1. The van der Waals surface area contributed by atoms with Gasteiger partial charge in [-0.25, -0.2) is 13.4 Å². The number of nitrogens with one attached hydrogen (secondary N) is 2. The Balaban J connectivity index is 2.42. The Kier molecular flexibility index (Phi) is 6.60. The maximum absolute atomic E-state index is 12.9. The number of aromatic nitrogens is 1. The lowest BCUT2D eigenvalue weighted by Gasteiger charge is -2.31. The third kappa shape index (κ3) is 4.82. The van der Waals surface area contributed by atoms with E-state index in [9.17, 15) is 13.2 Å². The first kappa shape index (κ1) is 19.5. The fourth-order valence-corrected chi connectivity index (χ4v) is 3.35. The largest absolute Gasteiger partial charge is 0.353 e. The minimum absolute atomic E-state index is 0.0358. The Morgan fingerprint density at radius 2 is 1.92 bits per heavy atom. The molecule has 9 heteroatoms. The molecule has 2 N–H and O–H groups in total. The SMILES string of the molecule is CCN(CC)C(=O)c1cc(NS(=O)(=O)CC)cnc1N1CCNCC1. The molecule has 0 radical (unpaired) electrons. The van der Waals surface area contributed by atoms with Crippen LogP contribution in [-0.2, 0) is 10.0 Å². The van der Waals surface area contributed by atoms with E-state index < -0.39 is 10.0 Å². The number of amides is 1. The van der Waals surface area contributed by atoms with E-state index in [2.05, 4.69) is 19.9 Å². The van der Waals surface area contributed by atoms with Crippen LogP contribution in [0.5, 0.6) is 0 Å². The van der Waals surface area contributed by atoms with Gasteiger partial charge in [0.15, 0.2) is 0 Å². The van der Waals surface area contributed by atoms with Gasteiger partial charge in [0, 0.05) is 39.3 Å². The number of hydrogen-bond acceptors (Lipinski definition) is 6. The van der Waals surface area contributed by atoms with E-state index in [1.54, 1.807) is 17.9 Å². The van der Waals surface area contributed by atoms with Crippen LogP contribution in [0.1, 0.15) is 31.1 Å². The van der Waals surface area contributed by atoms with Gasteiger partial charge in [0.05, 0.1) is 23.2 Å². The number of pyridine rings is 1. The lowest BCUT2D eigenvalue weighted by Crippen LogP contribution is -2.45. The third-order valence-electron chi connectivity index (χ3n) is 4.22. The molecule has 0 aromatic carbocycles. The molecule has 0 unspecified atom stereocenters. The van der Waals surface area contributed by atoms with Gasteiger partial charge in [-0.2, -0.15) is 0 Å². The second-order valence-electron chi connectivity index (χ2n) is 5.82. The van der Waals surface area contributed by atoms with Crippen molar-refractivity contribution in [2.24, 2.45) is 0 Å². The van der Waals surface area contributed by atoms with Gasteiger partial charge in [-0.3, -0.25) is 9.52 Å². The molecule has 1 fully saturated rings. The molecule has 1 aliphatic heterocycles. The van der Waals surface area contributed by atoms with Gasteiger partial charge < -0.3 is 15.1 Å². The van der Waals surface area contributed by atoms with Crippen molar-refractivity contribution in [1.29, 1.82) is 0 Å². The molecule has 0 spiro atoms. The van der Waals surface area contributed by atoms with Gasteiger partial charge in [0.25, 0.3) is 5.91 Å². The van der Waals surface area contributed by atoms with Crippen LogP contribution in [-0.4, -0.2) is 69.2 Å². The molecule has 0 aliphatic carbocycles. The summed E-state index contributed by atoms with van der Waals surface area (Å²) in [4.78, 5) is 21.1. The summed E-state index contributed by atoms with van der Waals surface area (Å²) in [6, 6.07) is 1.60. The highest BCUT2D eigenvalue weighted by Gasteiger charge is 2.23. The highest BCUT2D eigenvalue weighted by molar-refractivity contribution is 7.92. The predicted molar refractivity (Wildman–Crippen MR) is 99.7 cm³/mol. The first-order valence-corrected chi connectivity index (χ1v) is 10.3. The standard InChI is InChI=1S/C16H27N5O3S/c1-4-20(5-2)16(22)14-11-13(19-25(23,24)6-3)12-18-15(14)21-9-7-17-8-10-21/h11-12,17,19H,4-10H2,1-3H3. The van der Waals surface area contributed by atoms with Crippen LogP contribution in [0.2, 0.25) is 0 Å². The van der Waals surface area contributed by atoms with Crippen molar-refractivity contribution < 1.29 is 13.2 Å². The summed E-state index contributed by atoms with van der Waals surface area (Å²) in [5, 5.41) is 3.27. The number of hydrogen-bond donors (Lipinski definition) is 2. The number of nitrogens with zero attached hydrogens (tertiary/aromatic N) is 3. The van der Waals surface area contributed by atoms with Crippen molar-refractivity contribution in [3.8, 4) is 0 Å². The van der Waals surface area contributed by atoms with Crippen LogP contribution in [0.25, 0.3) is 0 Å². The molecule has 140 valence electrons. The van der Waals surface area contributed by atoms with Gasteiger partial charge >= 0.3 is 0 Å². The minimum Gasteiger partial charge on any atom is -0.353 e. The van der Waals surface area contributed by atoms with Gasteiger partial charge in [-0.15, -0.1) is 0 Å². The highest BCUT2D eigenvalue weighted by Crippen LogP contribution is 2.24. The maximum Gasteiger partial charge on any atom is 0.257 e. The Hall–Kier alpha value is -1.87. The van der Waals surface area contributed by atoms with Gasteiger partial charge in [-0.1, -0.05) is 0 Å². The average Bonchev–Trinajstić information content (AvgIpc) is 2.63. The van der Waals surface area contributed by atoms with Gasteiger partial charge in [0.1, 0.15) is 5.82 Å². The molecular weight excluding hydrogens is 342 g/mol. The zero-order valence-electron chi connectivity index (χ0n) is 15.1. The first-order chi connectivity index (χ1) is 11.9. The van der Waals surface area contributed by atoms with E-state index in [0.29, 0.717) is 30.2 Å². The summed E-state index contributed by atoms with van der Waals surface area (Å²) in [5.41, 5.74) is 0.748. The second-order valence-corrected chi connectivity index (χ2v) is 7.83. The summed E-state index contributed by atoms with van der Waals surface area (Å²) in [7, 11) is -3.42. The average molecular weight is 369 g/mol. The van der Waals surface area contributed by atoms with Crippen molar-refractivity contribution in [3.05, 3.63) is 17.8 Å². The summed E-state index contributed by atoms with van der Waals surface area (Å²) in [6.07, 6.45) is 1.48. The smallest absolute Gasteiger partial charge is 0.257 e. The van der Waals surface area contributed by atoms with E-state index in [-0.39, 0.29) is 11.7 Å². The number of piperazine rings is 1. The topological polar surface area (TPSA) is 94.6 Å². The quantitative estimate of drug-likeness (QED) is 0.736. The number of anilines is 2. The summed E-state index contributed by atoms with van der Waals surface area (Å²) in [5.74, 6) is 0.438. The molecule has 8 nitrogen and oxygen atoms in total. The predicted octanol–water partition coefficient (Wildman–Crippen LogP) is 0.735. The lowest BCUT2D eigenvalue weighted by atomic mass is 10.1. The van der Waals surface area contributed by atoms with Crippen LogP contribution in [0.15, 0.2) is 12.3 Å². The molecule has 2 heterocycles. The monoisotopic (exact) mass is 369 g/mol. The van der Waals surface area contributed by atoms with Crippen molar-refractivity contribution in [2.45, 2.75) is 20.8 Å². The first-order valence-electron chi connectivity index (χ1n) is 8.67. The second kappa shape index (κ2) is 8.48. The molecule has 25 heavy (non-hydrogen) atoms. The van der Waals surface area contributed by atoms with Crippen molar-refractivity contribution in [2.75, 3.05) is 54.6 Å². The number of carbonyl (C=O) groups excluding carboxylic acids is 1. The van der Waals surface area contributed by atoms with Gasteiger partial charge in [-0.05, 0) is 26.8 Å². The minimum atomic E-state index is -3.42. The van der Waals surface area contributed by atoms with Crippen molar-refractivity contribution in [1.82, 2.24) is 15.2 Å². The van der Waals surface area contributed by atoms with E-state index in [1.807, 2.05) is 13.8 Å². The van der Waals surface area contributed by atoms with Crippen LogP contribution >= 0.6 is 0 Å². The molecule has 1 aromatic heterocycles. The van der Waals surface area contributed by atoms with Crippen LogP contribution in [0, 0.1) is 0 Å². The Morgan fingerprint density at radius 3 is 2.48 bits per heavy atom. The molecule has 2 rings (SSSR count). The fourth-order valence-electron chi connectivity index (χ4n) is 2.73. The van der Waals surface area contributed by atoms with E-state index in [4.69, 9.17) is 0 Å². The van der Waals surface area contributed by atoms with E-state index in [0.717, 1.165) is 26.2 Å². The van der Waals surface area contributed by atoms with E-state index >= 15 is 0 Å². The Bertz CT molecular complexity index is 698. The highest BCUT2D eigenvalue weighted by atomic mass is 32.2. The molecule has 0 saturated carbocycles. The van der Waals surface area contributed by atoms with Crippen LogP contribution < -0.4 is 14.9 Å². The zero-order valence-corrected chi connectivity index (χ0v) is 15.9. The molecule has 0 atom stereocenters.